The summed E-state index contributed by atoms with van der Waals surface area (Å²) in [6, 6.07) is 11.2. The average Bonchev–Trinajstić information content (AvgIpc) is 2.52. The second kappa shape index (κ2) is 6.83. The predicted molar refractivity (Wildman–Crippen MR) is 86.3 cm³/mol. The smallest absolute Gasteiger partial charge is 0.203 e. The summed E-state index contributed by atoms with van der Waals surface area (Å²) in [5, 5.41) is 0. The zero-order valence-corrected chi connectivity index (χ0v) is 13.8. The van der Waals surface area contributed by atoms with Crippen LogP contribution < -0.4 is 19.9 Å². The molecule has 2 N–H and O–H groups in total. The molecule has 21 heavy (non-hydrogen) atoms. The fourth-order valence-electron chi connectivity index (χ4n) is 2.26. The van der Waals surface area contributed by atoms with E-state index in [1.807, 2.05) is 36.4 Å². The Bertz CT molecular complexity index is 631. The maximum Gasteiger partial charge on any atom is 0.203 e. The molecule has 0 saturated carbocycles. The van der Waals surface area contributed by atoms with E-state index >= 15 is 0 Å². The van der Waals surface area contributed by atoms with Gasteiger partial charge in [0.1, 0.15) is 0 Å². The number of methoxy groups -OCH3 is 3. The van der Waals surface area contributed by atoms with E-state index in [9.17, 15) is 0 Å². The van der Waals surface area contributed by atoms with E-state index in [4.69, 9.17) is 19.9 Å². The molecule has 0 aromatic heterocycles. The highest BCUT2D eigenvalue weighted by Gasteiger charge is 2.22. The Hall–Kier alpha value is -1.72. The van der Waals surface area contributed by atoms with Crippen molar-refractivity contribution in [3.63, 3.8) is 0 Å². The molecule has 2 aromatic rings. The lowest BCUT2D eigenvalue weighted by Gasteiger charge is -2.20. The Kier molecular flexibility index (Phi) is 5.09. The van der Waals surface area contributed by atoms with Crippen LogP contribution in [0.5, 0.6) is 17.2 Å². The summed E-state index contributed by atoms with van der Waals surface area (Å²) < 4.78 is 17.1. The zero-order valence-electron chi connectivity index (χ0n) is 12.2. The Morgan fingerprint density at radius 2 is 1.52 bits per heavy atom. The third kappa shape index (κ3) is 2.99. The lowest BCUT2D eigenvalue weighted by atomic mass is 9.98. The van der Waals surface area contributed by atoms with Gasteiger partial charge in [-0.05, 0) is 23.8 Å². The van der Waals surface area contributed by atoms with Crippen LogP contribution in [0.25, 0.3) is 0 Å². The third-order valence-electron chi connectivity index (χ3n) is 3.31. The minimum Gasteiger partial charge on any atom is -0.493 e. The molecule has 0 aliphatic rings. The standard InChI is InChI=1S/C16H18BrNO3/c1-19-13-9-8-11(15(20-2)16(13)21-3)14(18)10-6-4-5-7-12(10)17/h4-9,14H,18H2,1-3H3. The van der Waals surface area contributed by atoms with Gasteiger partial charge in [0.15, 0.2) is 11.5 Å². The summed E-state index contributed by atoms with van der Waals surface area (Å²) in [5.74, 6) is 1.73. The molecule has 0 aliphatic carbocycles. The summed E-state index contributed by atoms with van der Waals surface area (Å²) in [4.78, 5) is 0. The highest BCUT2D eigenvalue weighted by molar-refractivity contribution is 9.10. The normalized spacial score (nSPS) is 11.9. The van der Waals surface area contributed by atoms with Crippen molar-refractivity contribution in [3.05, 3.63) is 52.0 Å². The first kappa shape index (κ1) is 15.7. The van der Waals surface area contributed by atoms with Crippen LogP contribution in [0, 0.1) is 0 Å². The van der Waals surface area contributed by atoms with Gasteiger partial charge in [-0.3, -0.25) is 0 Å². The molecule has 1 unspecified atom stereocenters. The molecule has 0 saturated heterocycles. The van der Waals surface area contributed by atoms with Gasteiger partial charge in [0, 0.05) is 10.0 Å². The predicted octanol–water partition coefficient (Wildman–Crippen LogP) is 3.52. The van der Waals surface area contributed by atoms with Crippen molar-refractivity contribution in [2.75, 3.05) is 21.3 Å². The van der Waals surface area contributed by atoms with Gasteiger partial charge in [-0.1, -0.05) is 34.1 Å². The lowest BCUT2D eigenvalue weighted by molar-refractivity contribution is 0.321. The number of hydrogen-bond acceptors (Lipinski definition) is 4. The summed E-state index contributed by atoms with van der Waals surface area (Å²) in [7, 11) is 4.76. The summed E-state index contributed by atoms with van der Waals surface area (Å²) in [6.07, 6.45) is 0. The Labute approximate surface area is 132 Å². The zero-order chi connectivity index (χ0) is 15.4. The first-order chi connectivity index (χ1) is 10.1. The van der Waals surface area contributed by atoms with Crippen molar-refractivity contribution in [1.29, 1.82) is 0 Å². The Balaban J connectivity index is 2.56. The van der Waals surface area contributed by atoms with Crippen LogP contribution >= 0.6 is 15.9 Å². The number of nitrogens with two attached hydrogens (primary N) is 1. The minimum absolute atomic E-state index is 0.338. The van der Waals surface area contributed by atoms with E-state index in [-0.39, 0.29) is 6.04 Å². The fraction of sp³-hybridized carbons (Fsp3) is 0.250. The highest BCUT2D eigenvalue weighted by Crippen LogP contribution is 2.43. The first-order valence-corrected chi connectivity index (χ1v) is 7.22. The molecule has 0 spiro atoms. The van der Waals surface area contributed by atoms with Gasteiger partial charge in [0.05, 0.1) is 27.4 Å². The Morgan fingerprint density at radius 1 is 0.857 bits per heavy atom. The second-order valence-corrected chi connectivity index (χ2v) is 5.28. The maximum atomic E-state index is 6.40. The van der Waals surface area contributed by atoms with Crippen LogP contribution in [0.2, 0.25) is 0 Å². The fourth-order valence-corrected chi connectivity index (χ4v) is 2.80. The monoisotopic (exact) mass is 351 g/mol. The molecule has 2 rings (SSSR count). The highest BCUT2D eigenvalue weighted by atomic mass is 79.9. The molecule has 5 heteroatoms. The van der Waals surface area contributed by atoms with Crippen LogP contribution in [0.4, 0.5) is 0 Å². The molecule has 0 fully saturated rings. The van der Waals surface area contributed by atoms with Crippen molar-refractivity contribution in [2.24, 2.45) is 5.73 Å². The van der Waals surface area contributed by atoms with Gasteiger partial charge in [-0.15, -0.1) is 0 Å². The molecule has 0 heterocycles. The minimum atomic E-state index is -0.338. The van der Waals surface area contributed by atoms with Crippen molar-refractivity contribution >= 4 is 15.9 Å². The summed E-state index contributed by atoms with van der Waals surface area (Å²) in [6.45, 7) is 0. The van der Waals surface area contributed by atoms with E-state index < -0.39 is 0 Å². The van der Waals surface area contributed by atoms with E-state index in [0.717, 1.165) is 15.6 Å². The number of ether oxygens (including phenoxy) is 3. The number of hydrogen-bond donors (Lipinski definition) is 1. The van der Waals surface area contributed by atoms with Gasteiger partial charge in [0.25, 0.3) is 0 Å². The van der Waals surface area contributed by atoms with Gasteiger partial charge in [-0.25, -0.2) is 0 Å². The van der Waals surface area contributed by atoms with Crippen LogP contribution in [-0.4, -0.2) is 21.3 Å². The van der Waals surface area contributed by atoms with E-state index in [1.165, 1.54) is 0 Å². The van der Waals surface area contributed by atoms with Crippen LogP contribution in [0.1, 0.15) is 17.2 Å². The van der Waals surface area contributed by atoms with Crippen LogP contribution in [0.3, 0.4) is 0 Å². The molecular formula is C16H18BrNO3. The molecule has 0 aliphatic heterocycles. The molecular weight excluding hydrogens is 334 g/mol. The molecule has 2 aromatic carbocycles. The number of rotatable bonds is 5. The van der Waals surface area contributed by atoms with Crippen LogP contribution in [0.15, 0.2) is 40.9 Å². The van der Waals surface area contributed by atoms with Crippen molar-refractivity contribution in [2.45, 2.75) is 6.04 Å². The van der Waals surface area contributed by atoms with Gasteiger partial charge in [0.2, 0.25) is 5.75 Å². The van der Waals surface area contributed by atoms with Crippen LogP contribution in [-0.2, 0) is 0 Å². The first-order valence-electron chi connectivity index (χ1n) is 6.42. The molecule has 0 bridgehead atoms. The summed E-state index contributed by atoms with van der Waals surface area (Å²) in [5.41, 5.74) is 8.21. The molecule has 4 nitrogen and oxygen atoms in total. The van der Waals surface area contributed by atoms with E-state index in [0.29, 0.717) is 17.2 Å². The summed E-state index contributed by atoms with van der Waals surface area (Å²) >= 11 is 3.53. The third-order valence-corrected chi connectivity index (χ3v) is 4.03. The number of halogens is 1. The molecule has 0 radical (unpaired) electrons. The van der Waals surface area contributed by atoms with E-state index in [2.05, 4.69) is 15.9 Å². The van der Waals surface area contributed by atoms with Crippen molar-refractivity contribution in [1.82, 2.24) is 0 Å². The van der Waals surface area contributed by atoms with Crippen molar-refractivity contribution < 1.29 is 14.2 Å². The van der Waals surface area contributed by atoms with Gasteiger partial charge >= 0.3 is 0 Å². The quantitative estimate of drug-likeness (QED) is 0.895. The van der Waals surface area contributed by atoms with Crippen molar-refractivity contribution in [3.8, 4) is 17.2 Å². The van der Waals surface area contributed by atoms with E-state index in [1.54, 1.807) is 21.3 Å². The molecule has 1 atom stereocenters. The second-order valence-electron chi connectivity index (χ2n) is 4.42. The van der Waals surface area contributed by atoms with Gasteiger partial charge in [-0.2, -0.15) is 0 Å². The topological polar surface area (TPSA) is 53.7 Å². The lowest BCUT2D eigenvalue weighted by Crippen LogP contribution is -2.14. The Morgan fingerprint density at radius 3 is 2.10 bits per heavy atom. The average molecular weight is 352 g/mol. The molecule has 112 valence electrons. The SMILES string of the molecule is COc1ccc(C(N)c2ccccc2Br)c(OC)c1OC. The maximum absolute atomic E-state index is 6.40. The largest absolute Gasteiger partial charge is 0.493 e. The molecule has 0 amide bonds. The number of benzene rings is 2. The van der Waals surface area contributed by atoms with Gasteiger partial charge < -0.3 is 19.9 Å².